The molecule has 0 aliphatic carbocycles. The predicted octanol–water partition coefficient (Wildman–Crippen LogP) is 2.19. The molecule has 1 aliphatic rings. The molecule has 0 aromatic carbocycles. The summed E-state index contributed by atoms with van der Waals surface area (Å²) in [5.74, 6) is -2.08. The van der Waals surface area contributed by atoms with Crippen LogP contribution in [-0.4, -0.2) is 47.7 Å². The molecule has 2 rings (SSSR count). The minimum Gasteiger partial charge on any atom is -0.356 e. The first-order valence-electron chi connectivity index (χ1n) is 9.50. The number of aromatic nitrogens is 1. The number of ketones is 1. The van der Waals surface area contributed by atoms with Crippen LogP contribution < -0.4 is 10.6 Å². The number of nitrogens with one attached hydrogen (secondary N) is 2. The van der Waals surface area contributed by atoms with Gasteiger partial charge in [-0.2, -0.15) is 0 Å². The van der Waals surface area contributed by atoms with E-state index in [4.69, 9.17) is 0 Å². The van der Waals surface area contributed by atoms with Crippen molar-refractivity contribution in [2.45, 2.75) is 51.6 Å². The van der Waals surface area contributed by atoms with E-state index in [-0.39, 0.29) is 18.2 Å². The van der Waals surface area contributed by atoms with Crippen molar-refractivity contribution in [1.29, 1.82) is 0 Å². The zero-order chi connectivity index (χ0) is 21.6. The Bertz CT molecular complexity index is 704. The highest BCUT2D eigenvalue weighted by Gasteiger charge is 2.36. The highest BCUT2D eigenvalue weighted by Crippen LogP contribution is 2.22. The summed E-state index contributed by atoms with van der Waals surface area (Å²) in [4.78, 5) is 37.1. The van der Waals surface area contributed by atoms with Crippen LogP contribution in [0.15, 0.2) is 24.5 Å². The van der Waals surface area contributed by atoms with Gasteiger partial charge in [0.05, 0.1) is 6.04 Å². The second-order valence-electron chi connectivity index (χ2n) is 7.55. The predicted molar refractivity (Wildman–Crippen MR) is 97.6 cm³/mol. The lowest BCUT2D eigenvalue weighted by Crippen LogP contribution is -2.47. The van der Waals surface area contributed by atoms with E-state index in [1.807, 2.05) is 13.8 Å². The molecule has 1 aliphatic heterocycles. The topological polar surface area (TPSA) is 89.4 Å². The maximum absolute atomic E-state index is 12.9. The van der Waals surface area contributed by atoms with Gasteiger partial charge in [-0.3, -0.25) is 19.1 Å². The molecule has 2 N–H and O–H groups in total. The number of Topliss-reactive ketones (excluding diaryl/α,β-unsaturated/α-hetero) is 1. The van der Waals surface area contributed by atoms with Crippen molar-refractivity contribution < 1.29 is 32.3 Å². The number of halogens is 3. The smallest absolute Gasteiger partial charge is 0.356 e. The summed E-state index contributed by atoms with van der Waals surface area (Å²) in [5, 5.41) is 5.17. The summed E-state index contributed by atoms with van der Waals surface area (Å²) in [6, 6.07) is 1.64. The monoisotopic (exact) mass is 417 g/mol. The summed E-state index contributed by atoms with van der Waals surface area (Å²) < 4.78 is 42.3. The molecule has 0 spiro atoms. The number of alkyl halides is 3. The third-order valence-corrected chi connectivity index (χ3v) is 4.75. The maximum Gasteiger partial charge on any atom is 0.522 e. The van der Waals surface area contributed by atoms with Gasteiger partial charge in [0, 0.05) is 24.9 Å². The number of ether oxygens (including phenoxy) is 1. The van der Waals surface area contributed by atoms with Gasteiger partial charge in [-0.1, -0.05) is 13.8 Å². The molecule has 1 aromatic rings. The van der Waals surface area contributed by atoms with Crippen LogP contribution >= 0.6 is 0 Å². The van der Waals surface area contributed by atoms with Gasteiger partial charge in [0.2, 0.25) is 11.8 Å². The number of nitrogens with zero attached hydrogens (tertiary/aromatic N) is 1. The fourth-order valence-corrected chi connectivity index (χ4v) is 3.31. The Morgan fingerprint density at radius 1 is 1.31 bits per heavy atom. The van der Waals surface area contributed by atoms with Gasteiger partial charge in [0.15, 0.2) is 5.78 Å². The van der Waals surface area contributed by atoms with Gasteiger partial charge in [0.25, 0.3) is 0 Å². The summed E-state index contributed by atoms with van der Waals surface area (Å²) >= 11 is 0. The Hall–Kier alpha value is -2.36. The molecule has 1 aromatic heterocycles. The van der Waals surface area contributed by atoms with Gasteiger partial charge < -0.3 is 15.2 Å². The Morgan fingerprint density at radius 3 is 2.48 bits per heavy atom. The summed E-state index contributed by atoms with van der Waals surface area (Å²) in [6.07, 6.45) is -0.685. The van der Waals surface area contributed by atoms with E-state index in [1.54, 1.807) is 29.1 Å². The van der Waals surface area contributed by atoms with Gasteiger partial charge in [0.1, 0.15) is 12.6 Å². The lowest BCUT2D eigenvalue weighted by molar-refractivity contribution is -0.321. The van der Waals surface area contributed by atoms with Crippen molar-refractivity contribution in [3.05, 3.63) is 24.5 Å². The highest BCUT2D eigenvalue weighted by molar-refractivity contribution is 5.92. The molecule has 29 heavy (non-hydrogen) atoms. The van der Waals surface area contributed by atoms with Crippen LogP contribution in [-0.2, 0) is 19.1 Å². The van der Waals surface area contributed by atoms with Crippen LogP contribution in [0.2, 0.25) is 0 Å². The summed E-state index contributed by atoms with van der Waals surface area (Å²) in [6.45, 7) is 3.08. The van der Waals surface area contributed by atoms with E-state index in [9.17, 15) is 27.6 Å². The fraction of sp³-hybridized carbons (Fsp3) is 0.632. The van der Waals surface area contributed by atoms with E-state index < -0.39 is 42.7 Å². The number of carbonyl (C=O) groups is 3. The molecule has 2 heterocycles. The second-order valence-corrected chi connectivity index (χ2v) is 7.55. The van der Waals surface area contributed by atoms with Gasteiger partial charge in [-0.05, 0) is 37.3 Å². The Balaban J connectivity index is 2.14. The fourth-order valence-electron chi connectivity index (χ4n) is 3.31. The van der Waals surface area contributed by atoms with Crippen LogP contribution in [0.1, 0.15) is 39.2 Å². The van der Waals surface area contributed by atoms with E-state index in [0.29, 0.717) is 19.4 Å². The van der Waals surface area contributed by atoms with Crippen molar-refractivity contribution in [3.63, 3.8) is 0 Å². The first-order chi connectivity index (χ1) is 13.6. The number of carbonyl (C=O) groups excluding carboxylic acids is 3. The van der Waals surface area contributed by atoms with Gasteiger partial charge in [-0.15, -0.1) is 13.2 Å². The maximum atomic E-state index is 12.9. The normalized spacial score (nSPS) is 19.1. The molecule has 0 bridgehead atoms. The van der Waals surface area contributed by atoms with Crippen LogP contribution in [0.25, 0.3) is 0 Å². The molecule has 1 fully saturated rings. The number of hydrogen-bond acceptors (Lipinski definition) is 4. The van der Waals surface area contributed by atoms with E-state index >= 15 is 0 Å². The summed E-state index contributed by atoms with van der Waals surface area (Å²) in [7, 11) is 0. The van der Waals surface area contributed by atoms with Crippen LogP contribution in [0.4, 0.5) is 13.2 Å². The number of hydrogen-bond donors (Lipinski definition) is 2. The molecule has 2 unspecified atom stereocenters. The molecular formula is C19H26F3N3O4. The third kappa shape index (κ3) is 7.19. The minimum absolute atomic E-state index is 0.0717. The molecule has 162 valence electrons. The van der Waals surface area contributed by atoms with Crippen molar-refractivity contribution in [3.8, 4) is 0 Å². The molecule has 7 nitrogen and oxygen atoms in total. The molecular weight excluding hydrogens is 391 g/mol. The first-order valence-corrected chi connectivity index (χ1v) is 9.50. The lowest BCUT2D eigenvalue weighted by Gasteiger charge is -2.25. The first kappa shape index (κ1) is 22.9. The Morgan fingerprint density at radius 2 is 1.97 bits per heavy atom. The SMILES string of the molecule is CC(C)CC(C(=O)NC(C[C@@H]1CCNC1=O)C(=O)COC(F)(F)F)n1cccc1. The molecule has 0 radical (unpaired) electrons. The largest absolute Gasteiger partial charge is 0.522 e. The quantitative estimate of drug-likeness (QED) is 0.611. The lowest BCUT2D eigenvalue weighted by atomic mass is 9.95. The molecule has 1 saturated heterocycles. The molecule has 0 saturated carbocycles. The second kappa shape index (κ2) is 9.91. The average molecular weight is 417 g/mol. The third-order valence-electron chi connectivity index (χ3n) is 4.75. The Labute approximate surface area is 167 Å². The highest BCUT2D eigenvalue weighted by atomic mass is 19.4. The van der Waals surface area contributed by atoms with Crippen LogP contribution in [0.3, 0.4) is 0 Å². The van der Waals surface area contributed by atoms with Crippen molar-refractivity contribution in [2.24, 2.45) is 11.8 Å². The zero-order valence-electron chi connectivity index (χ0n) is 16.4. The molecule has 10 heteroatoms. The van der Waals surface area contributed by atoms with Gasteiger partial charge >= 0.3 is 6.36 Å². The number of rotatable bonds is 10. The van der Waals surface area contributed by atoms with Gasteiger partial charge in [-0.25, -0.2) is 0 Å². The standard InChI is InChI=1S/C19H26F3N3O4/c1-12(2)9-15(25-7-3-4-8-25)18(28)24-14(10-13-5-6-23-17(13)27)16(26)11-29-19(20,21)22/h3-4,7-8,12-15H,5-6,9-11H2,1-2H3,(H,23,27)(H,24,28)/t13-,14?,15?/m0/s1. The van der Waals surface area contributed by atoms with Crippen LogP contribution in [0.5, 0.6) is 0 Å². The van der Waals surface area contributed by atoms with E-state index in [0.717, 1.165) is 0 Å². The minimum atomic E-state index is -4.96. The van der Waals surface area contributed by atoms with E-state index in [2.05, 4.69) is 15.4 Å². The molecule has 3 atom stereocenters. The van der Waals surface area contributed by atoms with Crippen molar-refractivity contribution in [2.75, 3.05) is 13.2 Å². The number of amides is 2. The van der Waals surface area contributed by atoms with Crippen molar-refractivity contribution in [1.82, 2.24) is 15.2 Å². The zero-order valence-corrected chi connectivity index (χ0v) is 16.4. The molecule has 2 amide bonds. The Kier molecular flexibility index (Phi) is 7.83. The summed E-state index contributed by atoms with van der Waals surface area (Å²) in [5.41, 5.74) is 0. The average Bonchev–Trinajstić information content (AvgIpc) is 3.28. The van der Waals surface area contributed by atoms with Crippen LogP contribution in [0, 0.1) is 11.8 Å². The van der Waals surface area contributed by atoms with Crippen molar-refractivity contribution >= 4 is 17.6 Å². The van der Waals surface area contributed by atoms with E-state index in [1.165, 1.54) is 0 Å².